The first kappa shape index (κ1) is 16.5. The Morgan fingerprint density at radius 1 is 1.59 bits per heavy atom. The smallest absolute Gasteiger partial charge is 0.273 e. The average molecular weight is 326 g/mol. The molecule has 0 radical (unpaired) electrons. The number of nitrogens with zero attached hydrogens (tertiary/aromatic N) is 3. The van der Waals surface area contributed by atoms with Crippen molar-refractivity contribution in [2.75, 3.05) is 6.54 Å². The van der Waals surface area contributed by atoms with Gasteiger partial charge in [-0.25, -0.2) is 4.98 Å². The Kier molecular flexibility index (Phi) is 4.87. The first-order valence-corrected chi connectivity index (χ1v) is 7.05. The summed E-state index contributed by atoms with van der Waals surface area (Å²) in [4.78, 5) is 16.4. The van der Waals surface area contributed by atoms with Crippen LogP contribution in [0, 0.1) is 12.8 Å². The average Bonchev–Trinajstić information content (AvgIpc) is 3.11. The molecular weight excluding hydrogens is 306 g/mol. The van der Waals surface area contributed by atoms with Crippen molar-refractivity contribution in [3.8, 4) is 11.5 Å². The Hall–Kier alpha value is -1.86. The molecule has 2 aromatic rings. The molecule has 3 N–H and O–H groups in total. The van der Waals surface area contributed by atoms with Gasteiger partial charge in [-0.15, -0.1) is 12.4 Å². The quantitative estimate of drug-likeness (QED) is 0.862. The number of carbonyl (C=O) groups excluding carboxylic acids is 1. The van der Waals surface area contributed by atoms with Gasteiger partial charge in [-0.1, -0.05) is 0 Å². The van der Waals surface area contributed by atoms with Crippen molar-refractivity contribution in [2.24, 2.45) is 18.7 Å². The predicted octanol–water partition coefficient (Wildman–Crippen LogP) is 1.27. The highest BCUT2D eigenvalue weighted by molar-refractivity contribution is 5.93. The third-order valence-corrected chi connectivity index (χ3v) is 3.69. The van der Waals surface area contributed by atoms with Crippen molar-refractivity contribution in [3.05, 3.63) is 23.8 Å². The minimum Gasteiger partial charge on any atom is -0.440 e. The molecule has 1 amide bonds. The monoisotopic (exact) mass is 325 g/mol. The number of aromatic nitrogens is 3. The van der Waals surface area contributed by atoms with E-state index >= 15 is 0 Å². The normalized spacial score (nSPS) is 15.2. The fourth-order valence-electron chi connectivity index (χ4n) is 2.25. The summed E-state index contributed by atoms with van der Waals surface area (Å²) in [7, 11) is 1.81. The van der Waals surface area contributed by atoms with E-state index in [0.29, 0.717) is 29.8 Å². The second-order valence-corrected chi connectivity index (χ2v) is 5.54. The van der Waals surface area contributed by atoms with Crippen molar-refractivity contribution in [1.82, 2.24) is 20.1 Å². The fraction of sp³-hybridized carbons (Fsp3) is 0.500. The Bertz CT molecular complexity index is 662. The highest BCUT2D eigenvalue weighted by Gasteiger charge is 2.29. The third-order valence-electron chi connectivity index (χ3n) is 3.69. The van der Waals surface area contributed by atoms with E-state index in [-0.39, 0.29) is 24.4 Å². The molecule has 120 valence electrons. The minimum absolute atomic E-state index is 0. The maximum absolute atomic E-state index is 12.2. The van der Waals surface area contributed by atoms with Crippen LogP contribution in [0.25, 0.3) is 11.5 Å². The lowest BCUT2D eigenvalue weighted by Gasteiger charge is -2.10. The van der Waals surface area contributed by atoms with Gasteiger partial charge in [0.2, 0.25) is 5.89 Å². The van der Waals surface area contributed by atoms with Gasteiger partial charge in [-0.05, 0) is 25.7 Å². The number of nitrogens with two attached hydrogens (primary N) is 1. The Balaban J connectivity index is 0.00000176. The summed E-state index contributed by atoms with van der Waals surface area (Å²) in [6.45, 7) is 2.20. The van der Waals surface area contributed by atoms with Crippen molar-refractivity contribution in [2.45, 2.75) is 25.8 Å². The second kappa shape index (κ2) is 6.50. The number of amides is 1. The molecule has 8 heteroatoms. The Labute approximate surface area is 134 Å². The fourth-order valence-corrected chi connectivity index (χ4v) is 2.25. The minimum atomic E-state index is -0.248. The van der Waals surface area contributed by atoms with E-state index in [2.05, 4.69) is 15.4 Å². The van der Waals surface area contributed by atoms with E-state index in [4.69, 9.17) is 10.2 Å². The molecule has 22 heavy (non-hydrogen) atoms. The van der Waals surface area contributed by atoms with Crippen LogP contribution in [0.3, 0.4) is 0 Å². The zero-order valence-corrected chi connectivity index (χ0v) is 13.4. The number of oxazole rings is 1. The molecule has 7 nitrogen and oxygen atoms in total. The zero-order valence-electron chi connectivity index (χ0n) is 12.6. The SMILES string of the molecule is Cc1oc(-c2cnn(C)c2)nc1C(=O)NCC(N)C1CC1.Cl. The lowest BCUT2D eigenvalue weighted by molar-refractivity contribution is 0.0944. The first-order valence-electron chi connectivity index (χ1n) is 7.05. The molecule has 2 heterocycles. The molecule has 0 aromatic carbocycles. The predicted molar refractivity (Wildman–Crippen MR) is 83.7 cm³/mol. The number of hydrogen-bond acceptors (Lipinski definition) is 5. The molecular formula is C14H20ClN5O2. The van der Waals surface area contributed by atoms with E-state index in [1.165, 1.54) is 0 Å². The molecule has 1 atom stereocenters. The third kappa shape index (κ3) is 3.48. The number of aryl methyl sites for hydroxylation is 2. The largest absolute Gasteiger partial charge is 0.440 e. The molecule has 0 spiro atoms. The van der Waals surface area contributed by atoms with Gasteiger partial charge < -0.3 is 15.5 Å². The van der Waals surface area contributed by atoms with Gasteiger partial charge in [0.05, 0.1) is 11.8 Å². The second-order valence-electron chi connectivity index (χ2n) is 5.54. The van der Waals surface area contributed by atoms with Crippen LogP contribution in [0.5, 0.6) is 0 Å². The van der Waals surface area contributed by atoms with E-state index < -0.39 is 0 Å². The summed E-state index contributed by atoms with van der Waals surface area (Å²) in [5.41, 5.74) is 7.02. The first-order chi connectivity index (χ1) is 10.0. The molecule has 1 aliphatic carbocycles. The molecule has 1 unspecified atom stereocenters. The van der Waals surface area contributed by atoms with Crippen LogP contribution in [0.4, 0.5) is 0 Å². The lowest BCUT2D eigenvalue weighted by Crippen LogP contribution is -2.38. The van der Waals surface area contributed by atoms with Gasteiger partial charge in [0, 0.05) is 25.8 Å². The number of hydrogen-bond donors (Lipinski definition) is 2. The zero-order chi connectivity index (χ0) is 15.0. The summed E-state index contributed by atoms with van der Waals surface area (Å²) in [6.07, 6.45) is 5.75. The highest BCUT2D eigenvalue weighted by atomic mass is 35.5. The van der Waals surface area contributed by atoms with Crippen LogP contribution in [0.1, 0.15) is 29.1 Å². The van der Waals surface area contributed by atoms with E-state index in [1.54, 1.807) is 24.0 Å². The van der Waals surface area contributed by atoms with Crippen molar-refractivity contribution in [1.29, 1.82) is 0 Å². The molecule has 0 saturated heterocycles. The topological polar surface area (TPSA) is 99.0 Å². The van der Waals surface area contributed by atoms with E-state index in [0.717, 1.165) is 18.4 Å². The van der Waals surface area contributed by atoms with E-state index in [1.807, 2.05) is 7.05 Å². The van der Waals surface area contributed by atoms with Crippen molar-refractivity contribution >= 4 is 18.3 Å². The molecule has 1 fully saturated rings. The molecule has 0 aliphatic heterocycles. The Morgan fingerprint density at radius 2 is 2.32 bits per heavy atom. The molecule has 1 aliphatic rings. The molecule has 0 bridgehead atoms. The number of rotatable bonds is 5. The van der Waals surface area contributed by atoms with Crippen LogP contribution in [0.15, 0.2) is 16.8 Å². The summed E-state index contributed by atoms with van der Waals surface area (Å²) in [5, 5.41) is 6.89. The van der Waals surface area contributed by atoms with Crippen molar-refractivity contribution < 1.29 is 9.21 Å². The summed E-state index contributed by atoms with van der Waals surface area (Å²) < 4.78 is 7.20. The van der Waals surface area contributed by atoms with Crippen LogP contribution < -0.4 is 11.1 Å². The summed E-state index contributed by atoms with van der Waals surface area (Å²) >= 11 is 0. The number of halogens is 1. The highest BCUT2D eigenvalue weighted by Crippen LogP contribution is 2.31. The van der Waals surface area contributed by atoms with E-state index in [9.17, 15) is 4.79 Å². The number of nitrogens with one attached hydrogen (secondary N) is 1. The molecule has 1 saturated carbocycles. The maximum atomic E-state index is 12.2. The van der Waals surface area contributed by atoms with Crippen LogP contribution in [-0.2, 0) is 7.05 Å². The molecule has 3 rings (SSSR count). The number of carbonyl (C=O) groups is 1. The van der Waals surface area contributed by atoms with Crippen LogP contribution in [0.2, 0.25) is 0 Å². The van der Waals surface area contributed by atoms with Gasteiger partial charge in [-0.2, -0.15) is 5.10 Å². The van der Waals surface area contributed by atoms with Crippen molar-refractivity contribution in [3.63, 3.8) is 0 Å². The van der Waals surface area contributed by atoms with Gasteiger partial charge >= 0.3 is 0 Å². The maximum Gasteiger partial charge on any atom is 0.273 e. The van der Waals surface area contributed by atoms with Gasteiger partial charge in [0.1, 0.15) is 5.76 Å². The van der Waals surface area contributed by atoms with Crippen LogP contribution >= 0.6 is 12.4 Å². The van der Waals surface area contributed by atoms with Gasteiger partial charge in [0.25, 0.3) is 5.91 Å². The summed E-state index contributed by atoms with van der Waals surface area (Å²) in [5.74, 6) is 1.20. The standard InChI is InChI=1S/C14H19N5O2.ClH/c1-8-12(13(20)16-6-11(15)9-3-4-9)18-14(21-8)10-5-17-19(2)7-10;/h5,7,9,11H,3-4,6,15H2,1-2H3,(H,16,20);1H. The Morgan fingerprint density at radius 3 is 2.91 bits per heavy atom. The van der Waals surface area contributed by atoms with Gasteiger partial charge in [0.15, 0.2) is 5.69 Å². The molecule has 2 aromatic heterocycles. The van der Waals surface area contributed by atoms with Gasteiger partial charge in [-0.3, -0.25) is 9.48 Å². The summed E-state index contributed by atoms with van der Waals surface area (Å²) in [6, 6.07) is 0.0268. The van der Waals surface area contributed by atoms with Crippen LogP contribution in [-0.4, -0.2) is 33.3 Å². The lowest BCUT2D eigenvalue weighted by atomic mass is 10.2.